The second-order valence-electron chi connectivity index (χ2n) is 8.21. The number of para-hydroxylation sites is 1. The number of benzene rings is 3. The maximum Gasteiger partial charge on any atom is 0.253 e. The van der Waals surface area contributed by atoms with Gasteiger partial charge in [-0.1, -0.05) is 36.4 Å². The molecular formula is C26H30N2O4S. The predicted octanol–water partition coefficient (Wildman–Crippen LogP) is 4.55. The smallest absolute Gasteiger partial charge is 0.253 e. The number of carbonyl (C=O) groups excluding carboxylic acids is 1. The second kappa shape index (κ2) is 10.1. The van der Waals surface area contributed by atoms with Crippen LogP contribution in [0.2, 0.25) is 0 Å². The lowest BCUT2D eigenvalue weighted by Crippen LogP contribution is -2.29. The average molecular weight is 467 g/mol. The average Bonchev–Trinajstić information content (AvgIpc) is 2.79. The van der Waals surface area contributed by atoms with E-state index in [0.717, 1.165) is 28.0 Å². The molecule has 0 saturated carbocycles. The maximum atomic E-state index is 12.9. The summed E-state index contributed by atoms with van der Waals surface area (Å²) in [6, 6.07) is 20.3. The molecule has 6 nitrogen and oxygen atoms in total. The largest absolute Gasteiger partial charge is 0.496 e. The number of anilines is 1. The van der Waals surface area contributed by atoms with Crippen molar-refractivity contribution in [2.75, 3.05) is 24.7 Å². The highest BCUT2D eigenvalue weighted by atomic mass is 32.2. The third-order valence-corrected chi connectivity index (χ3v) is 6.79. The zero-order valence-electron chi connectivity index (χ0n) is 19.7. The molecule has 3 rings (SSSR count). The van der Waals surface area contributed by atoms with Gasteiger partial charge in [0.25, 0.3) is 5.91 Å². The molecule has 0 aliphatic rings. The van der Waals surface area contributed by atoms with E-state index in [-0.39, 0.29) is 12.5 Å². The van der Waals surface area contributed by atoms with Gasteiger partial charge < -0.3 is 9.64 Å². The molecular weight excluding hydrogens is 436 g/mol. The van der Waals surface area contributed by atoms with E-state index in [0.29, 0.717) is 17.8 Å². The Labute approximate surface area is 196 Å². The van der Waals surface area contributed by atoms with Gasteiger partial charge in [0.2, 0.25) is 10.0 Å². The molecule has 3 aromatic carbocycles. The van der Waals surface area contributed by atoms with Gasteiger partial charge in [0.05, 0.1) is 25.6 Å². The van der Waals surface area contributed by atoms with Crippen LogP contribution < -0.4 is 9.04 Å². The first-order valence-electron chi connectivity index (χ1n) is 10.6. The predicted molar refractivity (Wildman–Crippen MR) is 132 cm³/mol. The van der Waals surface area contributed by atoms with Crippen molar-refractivity contribution in [3.63, 3.8) is 0 Å². The molecule has 174 valence electrons. The van der Waals surface area contributed by atoms with Crippen molar-refractivity contribution in [3.8, 4) is 5.75 Å². The second-order valence-corrected chi connectivity index (χ2v) is 10.1. The Kier molecular flexibility index (Phi) is 7.43. The molecule has 0 atom stereocenters. The summed E-state index contributed by atoms with van der Waals surface area (Å²) in [6.07, 6.45) is 1.20. The molecule has 0 spiro atoms. The van der Waals surface area contributed by atoms with Crippen LogP contribution >= 0.6 is 0 Å². The molecule has 0 aliphatic heterocycles. The van der Waals surface area contributed by atoms with Crippen molar-refractivity contribution in [1.82, 2.24) is 4.90 Å². The molecule has 3 aromatic rings. The summed E-state index contributed by atoms with van der Waals surface area (Å²) in [5.41, 5.74) is 5.00. The number of hydrogen-bond donors (Lipinski definition) is 0. The van der Waals surface area contributed by atoms with Crippen LogP contribution in [0.1, 0.15) is 32.6 Å². The van der Waals surface area contributed by atoms with Crippen LogP contribution in [0, 0.1) is 13.8 Å². The first-order chi connectivity index (χ1) is 15.6. The van der Waals surface area contributed by atoms with E-state index in [9.17, 15) is 13.2 Å². The maximum absolute atomic E-state index is 12.9. The minimum absolute atomic E-state index is 0.124. The Morgan fingerprint density at radius 1 is 0.909 bits per heavy atom. The summed E-state index contributed by atoms with van der Waals surface area (Å²) in [7, 11) is -0.129. The third-order valence-electron chi connectivity index (χ3n) is 5.65. The first kappa shape index (κ1) is 24.3. The van der Waals surface area contributed by atoms with Crippen molar-refractivity contribution < 1.29 is 17.9 Å². The number of carbonyl (C=O) groups is 1. The summed E-state index contributed by atoms with van der Waals surface area (Å²) in [5, 5.41) is 0. The molecule has 0 aliphatic carbocycles. The summed E-state index contributed by atoms with van der Waals surface area (Å²) >= 11 is 0. The SMILES string of the molecule is COc1ccccc1CN(C)C(=O)c1ccc(CN(c2ccc(C)c(C)c2)S(C)(=O)=O)cc1. The zero-order valence-corrected chi connectivity index (χ0v) is 20.5. The summed E-state index contributed by atoms with van der Waals surface area (Å²) < 4.78 is 31.7. The Hall–Kier alpha value is -3.32. The van der Waals surface area contributed by atoms with Crippen molar-refractivity contribution in [2.45, 2.75) is 26.9 Å². The molecule has 0 N–H and O–H groups in total. The monoisotopic (exact) mass is 466 g/mol. The van der Waals surface area contributed by atoms with Crippen LogP contribution in [0.15, 0.2) is 66.7 Å². The zero-order chi connectivity index (χ0) is 24.2. The van der Waals surface area contributed by atoms with E-state index in [1.807, 2.05) is 56.3 Å². The Balaban J connectivity index is 1.76. The Morgan fingerprint density at radius 3 is 2.18 bits per heavy atom. The summed E-state index contributed by atoms with van der Waals surface area (Å²) in [5.74, 6) is 0.612. The highest BCUT2D eigenvalue weighted by Crippen LogP contribution is 2.24. The summed E-state index contributed by atoms with van der Waals surface area (Å²) in [6.45, 7) is 4.55. The lowest BCUT2D eigenvalue weighted by atomic mass is 10.1. The van der Waals surface area contributed by atoms with Gasteiger partial charge in [-0.2, -0.15) is 0 Å². The van der Waals surface area contributed by atoms with Crippen molar-refractivity contribution in [2.24, 2.45) is 0 Å². The van der Waals surface area contributed by atoms with Gasteiger partial charge in [0, 0.05) is 24.7 Å². The van der Waals surface area contributed by atoms with Gasteiger partial charge in [0.1, 0.15) is 5.75 Å². The minimum atomic E-state index is -3.48. The highest BCUT2D eigenvalue weighted by Gasteiger charge is 2.19. The van der Waals surface area contributed by atoms with E-state index >= 15 is 0 Å². The fraction of sp³-hybridized carbons (Fsp3) is 0.269. The molecule has 0 aromatic heterocycles. The van der Waals surface area contributed by atoms with Gasteiger partial charge in [0.15, 0.2) is 0 Å². The third kappa shape index (κ3) is 5.93. The minimum Gasteiger partial charge on any atom is -0.496 e. The van der Waals surface area contributed by atoms with E-state index in [1.165, 1.54) is 10.6 Å². The van der Waals surface area contributed by atoms with Crippen molar-refractivity contribution in [3.05, 3.63) is 94.5 Å². The first-order valence-corrected chi connectivity index (χ1v) is 12.5. The topological polar surface area (TPSA) is 66.9 Å². The Bertz CT molecular complexity index is 1240. The van der Waals surface area contributed by atoms with Gasteiger partial charge >= 0.3 is 0 Å². The van der Waals surface area contributed by atoms with E-state index in [1.54, 1.807) is 43.3 Å². The van der Waals surface area contributed by atoms with E-state index in [4.69, 9.17) is 4.74 Å². The van der Waals surface area contributed by atoms with Gasteiger partial charge in [-0.25, -0.2) is 8.42 Å². The van der Waals surface area contributed by atoms with Crippen LogP contribution in [0.5, 0.6) is 5.75 Å². The number of nitrogens with zero attached hydrogens (tertiary/aromatic N) is 2. The van der Waals surface area contributed by atoms with Crippen molar-refractivity contribution >= 4 is 21.6 Å². The molecule has 0 fully saturated rings. The molecule has 7 heteroatoms. The number of amides is 1. The highest BCUT2D eigenvalue weighted by molar-refractivity contribution is 7.92. The molecule has 0 heterocycles. The van der Waals surface area contributed by atoms with E-state index < -0.39 is 10.0 Å². The quantitative estimate of drug-likeness (QED) is 0.488. The van der Waals surface area contributed by atoms with Crippen LogP contribution in [-0.2, 0) is 23.1 Å². The van der Waals surface area contributed by atoms with Crippen LogP contribution in [-0.4, -0.2) is 39.6 Å². The number of rotatable bonds is 8. The number of methoxy groups -OCH3 is 1. The number of ether oxygens (including phenoxy) is 1. The van der Waals surface area contributed by atoms with Crippen LogP contribution in [0.3, 0.4) is 0 Å². The number of sulfonamides is 1. The lowest BCUT2D eigenvalue weighted by molar-refractivity contribution is 0.0784. The van der Waals surface area contributed by atoms with Crippen LogP contribution in [0.4, 0.5) is 5.69 Å². The van der Waals surface area contributed by atoms with Gasteiger partial charge in [-0.05, 0) is 60.9 Å². The van der Waals surface area contributed by atoms with Gasteiger partial charge in [-0.15, -0.1) is 0 Å². The molecule has 0 radical (unpaired) electrons. The standard InChI is InChI=1S/C26H30N2O4S/c1-19-10-15-24(16-20(19)2)28(33(5,30)31)17-21-11-13-22(14-12-21)26(29)27(3)18-23-8-6-7-9-25(23)32-4/h6-16H,17-18H2,1-5H3. The molecule has 0 saturated heterocycles. The molecule has 33 heavy (non-hydrogen) atoms. The molecule has 0 bridgehead atoms. The summed E-state index contributed by atoms with van der Waals surface area (Å²) in [4.78, 5) is 14.5. The fourth-order valence-corrected chi connectivity index (χ4v) is 4.46. The number of hydrogen-bond acceptors (Lipinski definition) is 4. The molecule has 1 amide bonds. The fourth-order valence-electron chi connectivity index (χ4n) is 3.58. The van der Waals surface area contributed by atoms with E-state index in [2.05, 4.69) is 0 Å². The van der Waals surface area contributed by atoms with Crippen LogP contribution in [0.25, 0.3) is 0 Å². The van der Waals surface area contributed by atoms with Gasteiger partial charge in [-0.3, -0.25) is 9.10 Å². The number of aryl methyl sites for hydroxylation is 2. The normalized spacial score (nSPS) is 11.2. The molecule has 0 unspecified atom stereocenters. The lowest BCUT2D eigenvalue weighted by Gasteiger charge is -2.23. The van der Waals surface area contributed by atoms with Crippen molar-refractivity contribution in [1.29, 1.82) is 0 Å². The Morgan fingerprint density at radius 2 is 1.58 bits per heavy atom.